The van der Waals surface area contributed by atoms with Crippen molar-refractivity contribution in [2.45, 2.75) is 13.5 Å². The Morgan fingerprint density at radius 1 is 1.33 bits per heavy atom. The fraction of sp³-hybridized carbons (Fsp3) is 0.333. The van der Waals surface area contributed by atoms with Crippen LogP contribution < -0.4 is 10.5 Å². The highest BCUT2D eigenvalue weighted by atomic mass is 16.5. The molecular formula is C12H16N2O. The normalized spacial score (nSPS) is 10.8. The highest BCUT2D eigenvalue weighted by Crippen LogP contribution is 2.26. The third-order valence-electron chi connectivity index (χ3n) is 2.44. The molecule has 0 amide bonds. The van der Waals surface area contributed by atoms with Crippen LogP contribution in [0.25, 0.3) is 10.9 Å². The molecule has 0 atom stereocenters. The number of hydrogen-bond donors (Lipinski definition) is 1. The number of aromatic nitrogens is 1. The molecule has 0 unspecified atom stereocenters. The van der Waals surface area contributed by atoms with Crippen molar-refractivity contribution in [3.8, 4) is 5.75 Å². The Labute approximate surface area is 89.4 Å². The van der Waals surface area contributed by atoms with Crippen LogP contribution in [0.5, 0.6) is 5.75 Å². The van der Waals surface area contributed by atoms with E-state index in [0.717, 1.165) is 17.7 Å². The molecule has 0 bridgehead atoms. The zero-order valence-corrected chi connectivity index (χ0v) is 8.94. The number of fused-ring (bicyclic) bond motifs is 1. The van der Waals surface area contributed by atoms with E-state index in [1.807, 2.05) is 19.1 Å². The lowest BCUT2D eigenvalue weighted by atomic mass is 10.2. The topological polar surface area (TPSA) is 40.2 Å². The first-order valence-corrected chi connectivity index (χ1v) is 5.27. The Balaban J connectivity index is 2.48. The molecule has 1 aromatic heterocycles. The molecule has 15 heavy (non-hydrogen) atoms. The second kappa shape index (κ2) is 4.36. The third-order valence-corrected chi connectivity index (χ3v) is 2.44. The smallest absolute Gasteiger partial charge is 0.128 e. The number of nitrogens with zero attached hydrogens (tertiary/aromatic N) is 1. The van der Waals surface area contributed by atoms with Crippen LogP contribution in [-0.2, 0) is 6.54 Å². The lowest BCUT2D eigenvalue weighted by Crippen LogP contribution is -2.08. The maximum atomic E-state index is 5.57. The zero-order valence-electron chi connectivity index (χ0n) is 8.94. The average Bonchev–Trinajstić information content (AvgIpc) is 2.64. The molecule has 3 nitrogen and oxygen atoms in total. The van der Waals surface area contributed by atoms with Gasteiger partial charge in [-0.15, -0.1) is 0 Å². The first-order chi connectivity index (χ1) is 7.36. The zero-order chi connectivity index (χ0) is 10.7. The van der Waals surface area contributed by atoms with E-state index in [2.05, 4.69) is 22.9 Å². The Morgan fingerprint density at radius 2 is 2.20 bits per heavy atom. The molecule has 0 aliphatic carbocycles. The highest BCUT2D eigenvalue weighted by Gasteiger charge is 2.04. The van der Waals surface area contributed by atoms with Crippen LogP contribution in [0.2, 0.25) is 0 Å². The molecule has 2 rings (SSSR count). The number of nitrogens with two attached hydrogens (primary N) is 1. The third kappa shape index (κ3) is 1.83. The lowest BCUT2D eigenvalue weighted by Gasteiger charge is -2.06. The molecule has 0 aliphatic heterocycles. The summed E-state index contributed by atoms with van der Waals surface area (Å²) in [5.74, 6) is 0.950. The summed E-state index contributed by atoms with van der Waals surface area (Å²) in [5.41, 5.74) is 6.74. The van der Waals surface area contributed by atoms with Crippen LogP contribution in [0, 0.1) is 0 Å². The van der Waals surface area contributed by atoms with Gasteiger partial charge >= 0.3 is 0 Å². The summed E-state index contributed by atoms with van der Waals surface area (Å²) in [7, 11) is 0. The van der Waals surface area contributed by atoms with E-state index in [4.69, 9.17) is 10.5 Å². The number of rotatable bonds is 4. The average molecular weight is 204 g/mol. The molecule has 2 N–H and O–H groups in total. The first-order valence-electron chi connectivity index (χ1n) is 5.27. The van der Waals surface area contributed by atoms with Crippen molar-refractivity contribution in [2.75, 3.05) is 13.2 Å². The van der Waals surface area contributed by atoms with Gasteiger partial charge in [-0.25, -0.2) is 0 Å². The van der Waals surface area contributed by atoms with Gasteiger partial charge in [0.25, 0.3) is 0 Å². The minimum atomic E-state index is 0.655. The second-order valence-corrected chi connectivity index (χ2v) is 3.42. The quantitative estimate of drug-likeness (QED) is 0.827. The summed E-state index contributed by atoms with van der Waals surface area (Å²) in [5, 5.41) is 1.16. The second-order valence-electron chi connectivity index (χ2n) is 3.42. The Bertz CT molecular complexity index is 448. The molecule has 80 valence electrons. The minimum absolute atomic E-state index is 0.655. The Morgan fingerprint density at radius 3 is 2.93 bits per heavy atom. The lowest BCUT2D eigenvalue weighted by molar-refractivity contribution is 0.344. The highest BCUT2D eigenvalue weighted by molar-refractivity contribution is 5.86. The molecule has 0 saturated heterocycles. The van der Waals surface area contributed by atoms with Crippen molar-refractivity contribution in [3.63, 3.8) is 0 Å². The van der Waals surface area contributed by atoms with E-state index in [-0.39, 0.29) is 0 Å². The molecule has 1 heterocycles. The standard InChI is InChI=1S/C12H16N2O/c1-2-15-12-5-3-4-11-10(12)6-8-14(11)9-7-13/h3-6,8H,2,7,9,13H2,1H3. The van der Waals surface area contributed by atoms with Crippen LogP contribution in [0.15, 0.2) is 30.5 Å². The molecule has 0 aliphatic rings. The Hall–Kier alpha value is -1.48. The maximum Gasteiger partial charge on any atom is 0.128 e. The molecular weight excluding hydrogens is 188 g/mol. The Kier molecular flexibility index (Phi) is 2.92. The summed E-state index contributed by atoms with van der Waals surface area (Å²) < 4.78 is 7.72. The minimum Gasteiger partial charge on any atom is -0.493 e. The number of hydrogen-bond acceptors (Lipinski definition) is 2. The van der Waals surface area contributed by atoms with Gasteiger partial charge in [0, 0.05) is 24.7 Å². The molecule has 0 saturated carbocycles. The van der Waals surface area contributed by atoms with Gasteiger partial charge in [0.15, 0.2) is 0 Å². The van der Waals surface area contributed by atoms with Crippen molar-refractivity contribution >= 4 is 10.9 Å². The molecule has 0 spiro atoms. The van der Waals surface area contributed by atoms with Gasteiger partial charge in [0.05, 0.1) is 12.1 Å². The van der Waals surface area contributed by atoms with Crippen LogP contribution in [0.1, 0.15) is 6.92 Å². The van der Waals surface area contributed by atoms with Gasteiger partial charge in [-0.05, 0) is 25.1 Å². The summed E-state index contributed by atoms with van der Waals surface area (Å²) in [6, 6.07) is 8.18. The fourth-order valence-corrected chi connectivity index (χ4v) is 1.81. The van der Waals surface area contributed by atoms with Crippen molar-refractivity contribution in [1.82, 2.24) is 4.57 Å². The summed E-state index contributed by atoms with van der Waals surface area (Å²) in [4.78, 5) is 0. The predicted octanol–water partition coefficient (Wildman–Crippen LogP) is 2.00. The van der Waals surface area contributed by atoms with Crippen molar-refractivity contribution in [1.29, 1.82) is 0 Å². The predicted molar refractivity (Wildman–Crippen MR) is 62.2 cm³/mol. The molecule has 2 aromatic rings. The SMILES string of the molecule is CCOc1cccc2c1ccn2CCN. The van der Waals surface area contributed by atoms with E-state index >= 15 is 0 Å². The van der Waals surface area contributed by atoms with E-state index in [1.54, 1.807) is 0 Å². The molecule has 1 aromatic carbocycles. The molecule has 3 heteroatoms. The fourth-order valence-electron chi connectivity index (χ4n) is 1.81. The van der Waals surface area contributed by atoms with Gasteiger partial charge in [-0.2, -0.15) is 0 Å². The van der Waals surface area contributed by atoms with Gasteiger partial charge in [-0.1, -0.05) is 6.07 Å². The van der Waals surface area contributed by atoms with Crippen molar-refractivity contribution in [3.05, 3.63) is 30.5 Å². The van der Waals surface area contributed by atoms with Crippen LogP contribution in [0.4, 0.5) is 0 Å². The van der Waals surface area contributed by atoms with Crippen molar-refractivity contribution in [2.24, 2.45) is 5.73 Å². The van der Waals surface area contributed by atoms with Gasteiger partial charge in [0.1, 0.15) is 5.75 Å². The van der Waals surface area contributed by atoms with E-state index in [0.29, 0.717) is 13.2 Å². The van der Waals surface area contributed by atoms with Gasteiger partial charge in [-0.3, -0.25) is 0 Å². The monoisotopic (exact) mass is 204 g/mol. The maximum absolute atomic E-state index is 5.57. The summed E-state index contributed by atoms with van der Waals surface area (Å²) in [6.07, 6.45) is 2.06. The largest absolute Gasteiger partial charge is 0.493 e. The number of benzene rings is 1. The van der Waals surface area contributed by atoms with Crippen LogP contribution in [0.3, 0.4) is 0 Å². The van der Waals surface area contributed by atoms with Gasteiger partial charge < -0.3 is 15.0 Å². The van der Waals surface area contributed by atoms with Crippen LogP contribution >= 0.6 is 0 Å². The molecule has 0 fully saturated rings. The van der Waals surface area contributed by atoms with E-state index < -0.39 is 0 Å². The summed E-state index contributed by atoms with van der Waals surface area (Å²) in [6.45, 7) is 4.19. The number of ether oxygens (including phenoxy) is 1. The van der Waals surface area contributed by atoms with Gasteiger partial charge in [0.2, 0.25) is 0 Å². The first kappa shape index (κ1) is 10.1. The summed E-state index contributed by atoms with van der Waals surface area (Å²) >= 11 is 0. The van der Waals surface area contributed by atoms with E-state index in [9.17, 15) is 0 Å². The van der Waals surface area contributed by atoms with Crippen LogP contribution in [-0.4, -0.2) is 17.7 Å². The molecule has 0 radical (unpaired) electrons. The van der Waals surface area contributed by atoms with Crippen molar-refractivity contribution < 1.29 is 4.74 Å². The van der Waals surface area contributed by atoms with E-state index in [1.165, 1.54) is 5.52 Å².